The van der Waals surface area contributed by atoms with Gasteiger partial charge in [-0.15, -0.1) is 0 Å². The molecular weight excluding hydrogens is 158 g/mol. The maximum Gasteiger partial charge on any atom is 0.222 e. The lowest BCUT2D eigenvalue weighted by molar-refractivity contribution is -0.306. The Hall–Kier alpha value is -1.06. The van der Waals surface area contributed by atoms with Crippen LogP contribution in [0.2, 0.25) is 0 Å². The van der Waals surface area contributed by atoms with Crippen molar-refractivity contribution in [2.75, 3.05) is 6.54 Å². The van der Waals surface area contributed by atoms with Gasteiger partial charge >= 0.3 is 0 Å². The SMILES string of the molecule is CCN1C(=O)CCC1CC(=O)[O-]. The van der Waals surface area contributed by atoms with E-state index in [0.29, 0.717) is 19.4 Å². The summed E-state index contributed by atoms with van der Waals surface area (Å²) in [5, 5.41) is 10.3. The summed E-state index contributed by atoms with van der Waals surface area (Å²) >= 11 is 0. The van der Waals surface area contributed by atoms with E-state index in [0.717, 1.165) is 0 Å². The molecule has 12 heavy (non-hydrogen) atoms. The van der Waals surface area contributed by atoms with Gasteiger partial charge in [0.25, 0.3) is 0 Å². The summed E-state index contributed by atoms with van der Waals surface area (Å²) in [6.45, 7) is 2.45. The molecular formula is C8H12NO3-. The molecule has 4 nitrogen and oxygen atoms in total. The minimum absolute atomic E-state index is 0.0282. The smallest absolute Gasteiger partial charge is 0.222 e. The molecule has 0 N–H and O–H groups in total. The van der Waals surface area contributed by atoms with E-state index in [-0.39, 0.29) is 18.4 Å². The number of hydrogen-bond donors (Lipinski definition) is 0. The molecule has 0 bridgehead atoms. The van der Waals surface area contributed by atoms with Crippen LogP contribution in [0.15, 0.2) is 0 Å². The van der Waals surface area contributed by atoms with E-state index in [2.05, 4.69) is 0 Å². The molecule has 0 saturated carbocycles. The summed E-state index contributed by atoms with van der Waals surface area (Å²) in [5.74, 6) is -1.02. The molecule has 1 fully saturated rings. The molecule has 1 unspecified atom stereocenters. The predicted octanol–water partition coefficient (Wildman–Crippen LogP) is -0.863. The molecule has 0 radical (unpaired) electrons. The van der Waals surface area contributed by atoms with Gasteiger partial charge in [0.2, 0.25) is 5.91 Å². The highest BCUT2D eigenvalue weighted by Gasteiger charge is 2.29. The summed E-state index contributed by atoms with van der Waals surface area (Å²) in [5.41, 5.74) is 0. The molecule has 4 heteroatoms. The van der Waals surface area contributed by atoms with E-state index in [1.54, 1.807) is 4.90 Å². The van der Waals surface area contributed by atoms with Gasteiger partial charge in [0, 0.05) is 31.4 Å². The van der Waals surface area contributed by atoms with E-state index in [1.165, 1.54) is 0 Å². The van der Waals surface area contributed by atoms with Crippen LogP contribution in [0.5, 0.6) is 0 Å². The molecule has 0 aromatic heterocycles. The van der Waals surface area contributed by atoms with Crippen molar-refractivity contribution < 1.29 is 14.7 Å². The van der Waals surface area contributed by atoms with E-state index in [4.69, 9.17) is 0 Å². The number of carbonyl (C=O) groups excluding carboxylic acids is 2. The number of carboxylic acid groups (broad SMARTS) is 1. The van der Waals surface area contributed by atoms with E-state index >= 15 is 0 Å². The number of aliphatic carboxylic acids is 1. The quantitative estimate of drug-likeness (QED) is 0.553. The maximum atomic E-state index is 11.1. The van der Waals surface area contributed by atoms with Crippen LogP contribution >= 0.6 is 0 Å². The number of likely N-dealkylation sites (tertiary alicyclic amines) is 1. The number of carboxylic acids is 1. The Kier molecular flexibility index (Phi) is 2.68. The highest BCUT2D eigenvalue weighted by atomic mass is 16.4. The van der Waals surface area contributed by atoms with Crippen molar-refractivity contribution in [2.24, 2.45) is 0 Å². The molecule has 1 saturated heterocycles. The molecule has 1 atom stereocenters. The summed E-state index contributed by atoms with van der Waals surface area (Å²) in [6, 6.07) is -0.132. The number of carbonyl (C=O) groups is 2. The topological polar surface area (TPSA) is 60.4 Å². The third kappa shape index (κ3) is 1.75. The fraction of sp³-hybridized carbons (Fsp3) is 0.750. The zero-order valence-electron chi connectivity index (χ0n) is 7.08. The van der Waals surface area contributed by atoms with Gasteiger partial charge in [-0.3, -0.25) is 4.79 Å². The van der Waals surface area contributed by atoms with Crippen molar-refractivity contribution >= 4 is 11.9 Å². The Balaban J connectivity index is 2.54. The van der Waals surface area contributed by atoms with Crippen molar-refractivity contribution in [1.29, 1.82) is 0 Å². The summed E-state index contributed by atoms with van der Waals surface area (Å²) in [4.78, 5) is 23.0. The molecule has 0 aliphatic carbocycles. The fourth-order valence-corrected chi connectivity index (χ4v) is 1.63. The predicted molar refractivity (Wildman–Crippen MR) is 40.0 cm³/mol. The Morgan fingerprint density at radius 3 is 2.92 bits per heavy atom. The highest BCUT2D eigenvalue weighted by molar-refractivity contribution is 5.79. The molecule has 1 aliphatic rings. The van der Waals surface area contributed by atoms with Crippen LogP contribution in [0, 0.1) is 0 Å². The van der Waals surface area contributed by atoms with Gasteiger partial charge in [-0.1, -0.05) is 0 Å². The van der Waals surface area contributed by atoms with Crippen molar-refractivity contribution in [3.63, 3.8) is 0 Å². The molecule has 68 valence electrons. The lowest BCUT2D eigenvalue weighted by Crippen LogP contribution is -2.37. The Bertz CT molecular complexity index is 202. The second-order valence-corrected chi connectivity index (χ2v) is 2.95. The average molecular weight is 170 g/mol. The average Bonchev–Trinajstić information content (AvgIpc) is 2.30. The second kappa shape index (κ2) is 3.56. The minimum Gasteiger partial charge on any atom is -0.550 e. The van der Waals surface area contributed by atoms with Gasteiger partial charge in [0.1, 0.15) is 0 Å². The van der Waals surface area contributed by atoms with Crippen LogP contribution in [0.4, 0.5) is 0 Å². The molecule has 1 rings (SSSR count). The van der Waals surface area contributed by atoms with E-state index in [1.807, 2.05) is 6.92 Å². The van der Waals surface area contributed by atoms with Crippen molar-refractivity contribution in [3.05, 3.63) is 0 Å². The van der Waals surface area contributed by atoms with Crippen LogP contribution in [0.3, 0.4) is 0 Å². The monoisotopic (exact) mass is 170 g/mol. The molecule has 1 amide bonds. The van der Waals surface area contributed by atoms with Crippen LogP contribution in [-0.2, 0) is 9.59 Å². The van der Waals surface area contributed by atoms with Gasteiger partial charge in [-0.25, -0.2) is 0 Å². The highest BCUT2D eigenvalue weighted by Crippen LogP contribution is 2.20. The standard InChI is InChI=1S/C8H13NO3/c1-2-9-6(5-8(11)12)3-4-7(9)10/h6H,2-5H2,1H3,(H,11,12)/p-1. The Labute approximate surface area is 71.2 Å². The van der Waals surface area contributed by atoms with Crippen LogP contribution in [0.25, 0.3) is 0 Å². The van der Waals surface area contributed by atoms with Gasteiger partial charge < -0.3 is 14.8 Å². The first-order valence-corrected chi connectivity index (χ1v) is 4.14. The molecule has 1 aliphatic heterocycles. The lowest BCUT2D eigenvalue weighted by Gasteiger charge is -2.23. The molecule has 0 spiro atoms. The first-order chi connectivity index (χ1) is 5.65. The summed E-state index contributed by atoms with van der Waals surface area (Å²) in [6.07, 6.45) is 1.10. The van der Waals surface area contributed by atoms with Crippen molar-refractivity contribution in [1.82, 2.24) is 4.90 Å². The van der Waals surface area contributed by atoms with E-state index in [9.17, 15) is 14.7 Å². The number of amides is 1. The van der Waals surface area contributed by atoms with Crippen LogP contribution in [-0.4, -0.2) is 29.4 Å². The first kappa shape index (κ1) is 9.03. The normalized spacial score (nSPS) is 23.2. The third-order valence-electron chi connectivity index (χ3n) is 2.20. The van der Waals surface area contributed by atoms with Gasteiger partial charge in [0.05, 0.1) is 0 Å². The van der Waals surface area contributed by atoms with Crippen molar-refractivity contribution in [2.45, 2.75) is 32.2 Å². The first-order valence-electron chi connectivity index (χ1n) is 4.14. The molecule has 1 heterocycles. The van der Waals surface area contributed by atoms with Gasteiger partial charge in [-0.2, -0.15) is 0 Å². The summed E-state index contributed by atoms with van der Waals surface area (Å²) in [7, 11) is 0. The molecule has 0 aromatic carbocycles. The second-order valence-electron chi connectivity index (χ2n) is 2.95. The number of nitrogens with zero attached hydrogens (tertiary/aromatic N) is 1. The zero-order valence-corrected chi connectivity index (χ0v) is 7.08. The molecule has 0 aromatic rings. The fourth-order valence-electron chi connectivity index (χ4n) is 1.63. The third-order valence-corrected chi connectivity index (χ3v) is 2.20. The maximum absolute atomic E-state index is 11.1. The van der Waals surface area contributed by atoms with E-state index < -0.39 is 5.97 Å². The Morgan fingerprint density at radius 2 is 2.42 bits per heavy atom. The number of rotatable bonds is 3. The minimum atomic E-state index is -1.08. The zero-order chi connectivity index (χ0) is 9.14. The number of hydrogen-bond acceptors (Lipinski definition) is 3. The summed E-state index contributed by atoms with van der Waals surface area (Å²) < 4.78 is 0. The Morgan fingerprint density at radius 1 is 1.75 bits per heavy atom. The van der Waals surface area contributed by atoms with Crippen molar-refractivity contribution in [3.8, 4) is 0 Å². The lowest BCUT2D eigenvalue weighted by atomic mass is 10.1. The van der Waals surface area contributed by atoms with Crippen LogP contribution < -0.4 is 5.11 Å². The van der Waals surface area contributed by atoms with Crippen LogP contribution in [0.1, 0.15) is 26.2 Å². The van der Waals surface area contributed by atoms with Gasteiger partial charge in [-0.05, 0) is 13.3 Å². The largest absolute Gasteiger partial charge is 0.550 e. The van der Waals surface area contributed by atoms with Gasteiger partial charge in [0.15, 0.2) is 0 Å².